The van der Waals surface area contributed by atoms with E-state index in [0.717, 1.165) is 5.75 Å². The molecule has 2 rings (SSSR count). The van der Waals surface area contributed by atoms with Gasteiger partial charge >= 0.3 is 6.18 Å². The molecule has 2 aromatic rings. The average Bonchev–Trinajstić information content (AvgIpc) is 2.59. The van der Waals surface area contributed by atoms with E-state index in [9.17, 15) is 18.0 Å². The number of carbonyl (C=O) groups is 1. The molecule has 0 saturated heterocycles. The fourth-order valence-electron chi connectivity index (χ4n) is 1.99. The lowest BCUT2D eigenvalue weighted by Gasteiger charge is -2.09. The highest BCUT2D eigenvalue weighted by molar-refractivity contribution is 5.94. The molecule has 2 aromatic carbocycles. The van der Waals surface area contributed by atoms with Crippen LogP contribution in [0.5, 0.6) is 5.75 Å². The highest BCUT2D eigenvalue weighted by Crippen LogP contribution is 2.15. The molecule has 0 radical (unpaired) electrons. The second kappa shape index (κ2) is 9.08. The molecule has 7 heteroatoms. The van der Waals surface area contributed by atoms with E-state index < -0.39 is 12.8 Å². The van der Waals surface area contributed by atoms with Crippen molar-refractivity contribution in [3.63, 3.8) is 0 Å². The van der Waals surface area contributed by atoms with Crippen molar-refractivity contribution in [3.8, 4) is 5.75 Å². The molecule has 4 nitrogen and oxygen atoms in total. The number of carbonyl (C=O) groups excluding carboxylic acids is 1. The summed E-state index contributed by atoms with van der Waals surface area (Å²) in [6, 6.07) is 15.4. The first-order valence-electron chi connectivity index (χ1n) is 7.63. The monoisotopic (exact) mass is 353 g/mol. The van der Waals surface area contributed by atoms with Gasteiger partial charge in [-0.1, -0.05) is 30.3 Å². The number of nitrogens with one attached hydrogen (secondary N) is 1. The highest BCUT2D eigenvalue weighted by Gasteiger charge is 2.27. The Balaban J connectivity index is 1.70. The number of ether oxygens (including phenoxy) is 2. The van der Waals surface area contributed by atoms with Gasteiger partial charge in [-0.25, -0.2) is 0 Å². The summed E-state index contributed by atoms with van der Waals surface area (Å²) in [6.07, 6.45) is -4.35. The Morgan fingerprint density at radius 3 is 2.32 bits per heavy atom. The minimum Gasteiger partial charge on any atom is -0.492 e. The summed E-state index contributed by atoms with van der Waals surface area (Å²) in [5, 5.41) is 2.71. The van der Waals surface area contributed by atoms with Crippen molar-refractivity contribution in [2.45, 2.75) is 12.8 Å². The molecule has 0 aliphatic rings. The maximum Gasteiger partial charge on any atom is 0.411 e. The normalized spacial score (nSPS) is 11.2. The third-order valence-corrected chi connectivity index (χ3v) is 3.15. The summed E-state index contributed by atoms with van der Waals surface area (Å²) in [5.41, 5.74) is 0.979. The number of hydrogen-bond donors (Lipinski definition) is 1. The number of alkyl halides is 3. The maximum absolute atomic E-state index is 12.0. The van der Waals surface area contributed by atoms with Crippen LogP contribution in [0.2, 0.25) is 0 Å². The maximum atomic E-state index is 12.0. The molecular weight excluding hydrogens is 335 g/mol. The summed E-state index contributed by atoms with van der Waals surface area (Å²) in [4.78, 5) is 12.0. The van der Waals surface area contributed by atoms with Crippen molar-refractivity contribution in [2.24, 2.45) is 0 Å². The van der Waals surface area contributed by atoms with E-state index in [1.165, 1.54) is 0 Å². The van der Waals surface area contributed by atoms with Gasteiger partial charge in [-0.2, -0.15) is 13.2 Å². The standard InChI is InChI=1S/C18H18F3NO3/c19-18(20,21)13-24-12-14-6-8-15(9-7-14)17(23)22-10-11-25-16-4-2-1-3-5-16/h1-9H,10-13H2,(H,22,23). The van der Waals surface area contributed by atoms with Gasteiger partial charge in [0, 0.05) is 5.56 Å². The van der Waals surface area contributed by atoms with E-state index >= 15 is 0 Å². The SMILES string of the molecule is O=C(NCCOc1ccccc1)c1ccc(COCC(F)(F)F)cc1. The largest absolute Gasteiger partial charge is 0.492 e. The highest BCUT2D eigenvalue weighted by atomic mass is 19.4. The topological polar surface area (TPSA) is 47.6 Å². The predicted molar refractivity (Wildman–Crippen MR) is 86.4 cm³/mol. The van der Waals surface area contributed by atoms with Gasteiger partial charge in [0.15, 0.2) is 0 Å². The van der Waals surface area contributed by atoms with Gasteiger partial charge < -0.3 is 14.8 Å². The molecule has 25 heavy (non-hydrogen) atoms. The van der Waals surface area contributed by atoms with Crippen LogP contribution in [0, 0.1) is 0 Å². The third-order valence-electron chi connectivity index (χ3n) is 3.15. The van der Waals surface area contributed by atoms with Crippen LogP contribution in [0.15, 0.2) is 54.6 Å². The van der Waals surface area contributed by atoms with Gasteiger partial charge in [0.25, 0.3) is 5.91 Å². The van der Waals surface area contributed by atoms with Crippen molar-refractivity contribution in [2.75, 3.05) is 19.8 Å². The zero-order valence-corrected chi connectivity index (χ0v) is 13.4. The Morgan fingerprint density at radius 2 is 1.68 bits per heavy atom. The van der Waals surface area contributed by atoms with E-state index in [-0.39, 0.29) is 12.5 Å². The second-order valence-corrected chi connectivity index (χ2v) is 5.22. The summed E-state index contributed by atoms with van der Waals surface area (Å²) in [7, 11) is 0. The van der Waals surface area contributed by atoms with Crippen molar-refractivity contribution >= 4 is 5.91 Å². The first-order chi connectivity index (χ1) is 11.9. The van der Waals surface area contributed by atoms with Crippen LogP contribution in [0.25, 0.3) is 0 Å². The summed E-state index contributed by atoms with van der Waals surface area (Å²) in [6.45, 7) is -0.785. The Morgan fingerprint density at radius 1 is 1.00 bits per heavy atom. The molecular formula is C18H18F3NO3. The van der Waals surface area contributed by atoms with E-state index in [1.54, 1.807) is 24.3 Å². The fourth-order valence-corrected chi connectivity index (χ4v) is 1.99. The van der Waals surface area contributed by atoms with Crippen LogP contribution in [-0.4, -0.2) is 31.8 Å². The molecule has 0 bridgehead atoms. The number of rotatable bonds is 8. The summed E-state index contributed by atoms with van der Waals surface area (Å²) < 4.78 is 46.0. The van der Waals surface area contributed by atoms with Crippen molar-refractivity contribution in [1.29, 1.82) is 0 Å². The van der Waals surface area contributed by atoms with E-state index in [1.807, 2.05) is 30.3 Å². The molecule has 0 atom stereocenters. The van der Waals surface area contributed by atoms with Crippen molar-refractivity contribution in [1.82, 2.24) is 5.32 Å². The molecule has 0 aromatic heterocycles. The minimum atomic E-state index is -4.35. The summed E-state index contributed by atoms with van der Waals surface area (Å²) in [5.74, 6) is 0.444. The quantitative estimate of drug-likeness (QED) is 0.738. The molecule has 0 aliphatic heterocycles. The molecule has 0 saturated carbocycles. The van der Waals surface area contributed by atoms with Crippen LogP contribution in [-0.2, 0) is 11.3 Å². The first kappa shape index (κ1) is 18.8. The molecule has 0 unspecified atom stereocenters. The zero-order chi connectivity index (χ0) is 18.1. The smallest absolute Gasteiger partial charge is 0.411 e. The minimum absolute atomic E-state index is 0.160. The van der Waals surface area contributed by atoms with Crippen molar-refractivity contribution < 1.29 is 27.4 Å². The lowest BCUT2D eigenvalue weighted by atomic mass is 10.1. The number of amides is 1. The Hall–Kier alpha value is -2.54. The fraction of sp³-hybridized carbons (Fsp3) is 0.278. The van der Waals surface area contributed by atoms with Gasteiger partial charge in [0.05, 0.1) is 13.2 Å². The zero-order valence-electron chi connectivity index (χ0n) is 13.4. The van der Waals surface area contributed by atoms with Crippen LogP contribution in [0.4, 0.5) is 13.2 Å². The number of para-hydroxylation sites is 1. The van der Waals surface area contributed by atoms with Crippen LogP contribution < -0.4 is 10.1 Å². The first-order valence-corrected chi connectivity index (χ1v) is 7.63. The van der Waals surface area contributed by atoms with Gasteiger partial charge in [0.1, 0.15) is 19.0 Å². The van der Waals surface area contributed by atoms with E-state index in [0.29, 0.717) is 24.3 Å². The van der Waals surface area contributed by atoms with Crippen LogP contribution in [0.1, 0.15) is 15.9 Å². The number of hydrogen-bond acceptors (Lipinski definition) is 3. The Bertz CT molecular complexity index is 658. The lowest BCUT2D eigenvalue weighted by molar-refractivity contribution is -0.176. The molecule has 0 aliphatic carbocycles. The third kappa shape index (κ3) is 7.26. The molecule has 0 fully saturated rings. The average molecular weight is 353 g/mol. The van der Waals surface area contributed by atoms with E-state index in [2.05, 4.69) is 10.1 Å². The predicted octanol–water partition coefficient (Wildman–Crippen LogP) is 3.57. The van der Waals surface area contributed by atoms with Crippen LogP contribution in [0.3, 0.4) is 0 Å². The van der Waals surface area contributed by atoms with Gasteiger partial charge in [0.2, 0.25) is 0 Å². The van der Waals surface area contributed by atoms with Gasteiger partial charge in [-0.05, 0) is 29.8 Å². The second-order valence-electron chi connectivity index (χ2n) is 5.22. The molecule has 134 valence electrons. The molecule has 1 N–H and O–H groups in total. The molecule has 0 heterocycles. The number of benzene rings is 2. The Labute approximate surface area is 143 Å². The van der Waals surface area contributed by atoms with Crippen LogP contribution >= 0.6 is 0 Å². The molecule has 1 amide bonds. The summed E-state index contributed by atoms with van der Waals surface area (Å²) >= 11 is 0. The lowest BCUT2D eigenvalue weighted by Crippen LogP contribution is -2.28. The number of halogens is 3. The molecule has 0 spiro atoms. The Kier molecular flexibility index (Phi) is 6.82. The van der Waals surface area contributed by atoms with Crippen molar-refractivity contribution in [3.05, 3.63) is 65.7 Å². The van der Waals surface area contributed by atoms with E-state index in [4.69, 9.17) is 4.74 Å². The van der Waals surface area contributed by atoms with Gasteiger partial charge in [-0.3, -0.25) is 4.79 Å². The van der Waals surface area contributed by atoms with Gasteiger partial charge in [-0.15, -0.1) is 0 Å².